The van der Waals surface area contributed by atoms with Gasteiger partial charge in [0.2, 0.25) is 0 Å². The average Bonchev–Trinajstić information content (AvgIpc) is 2.70. The molecule has 1 N–H and O–H groups in total. The Balaban J connectivity index is 2.24. The molecule has 3 nitrogen and oxygen atoms in total. The van der Waals surface area contributed by atoms with Crippen LogP contribution in [0.2, 0.25) is 0 Å². The SMILES string of the molecule is Cn1cccc1C(=O)Nc1cc(F)ccc1Br. The van der Waals surface area contributed by atoms with Gasteiger partial charge in [-0.3, -0.25) is 4.79 Å². The van der Waals surface area contributed by atoms with Crippen molar-refractivity contribution in [3.05, 3.63) is 52.5 Å². The molecular formula is C12H10BrFN2O. The summed E-state index contributed by atoms with van der Waals surface area (Å²) in [4.78, 5) is 11.9. The van der Waals surface area contributed by atoms with Crippen LogP contribution in [0.4, 0.5) is 10.1 Å². The van der Waals surface area contributed by atoms with E-state index in [2.05, 4.69) is 21.2 Å². The van der Waals surface area contributed by atoms with Crippen molar-refractivity contribution >= 4 is 27.5 Å². The minimum absolute atomic E-state index is 0.274. The molecule has 0 aliphatic carbocycles. The predicted octanol–water partition coefficient (Wildman–Crippen LogP) is 3.18. The second-order valence-corrected chi connectivity index (χ2v) is 4.44. The number of benzene rings is 1. The Kier molecular flexibility index (Phi) is 3.28. The Morgan fingerprint density at radius 2 is 2.18 bits per heavy atom. The van der Waals surface area contributed by atoms with Gasteiger partial charge in [0.15, 0.2) is 0 Å². The number of hydrogen-bond acceptors (Lipinski definition) is 1. The van der Waals surface area contributed by atoms with Crippen LogP contribution < -0.4 is 5.32 Å². The number of carbonyl (C=O) groups is 1. The maximum absolute atomic E-state index is 13.0. The van der Waals surface area contributed by atoms with Gasteiger partial charge >= 0.3 is 0 Å². The third kappa shape index (κ3) is 2.55. The Hall–Kier alpha value is -1.62. The Morgan fingerprint density at radius 1 is 1.41 bits per heavy atom. The second-order valence-electron chi connectivity index (χ2n) is 3.58. The third-order valence-corrected chi connectivity index (χ3v) is 3.04. The summed E-state index contributed by atoms with van der Waals surface area (Å²) in [5.74, 6) is -0.667. The van der Waals surface area contributed by atoms with Gasteiger partial charge in [0.25, 0.3) is 5.91 Å². The maximum Gasteiger partial charge on any atom is 0.272 e. The van der Waals surface area contributed by atoms with Crippen molar-refractivity contribution in [2.75, 3.05) is 5.32 Å². The van der Waals surface area contributed by atoms with Crippen molar-refractivity contribution in [1.29, 1.82) is 0 Å². The van der Waals surface area contributed by atoms with E-state index < -0.39 is 5.82 Å². The zero-order valence-corrected chi connectivity index (χ0v) is 10.7. The van der Waals surface area contributed by atoms with Crippen LogP contribution in [-0.4, -0.2) is 10.5 Å². The molecule has 0 unspecified atom stereocenters. The van der Waals surface area contributed by atoms with Gasteiger partial charge < -0.3 is 9.88 Å². The predicted molar refractivity (Wildman–Crippen MR) is 67.5 cm³/mol. The van der Waals surface area contributed by atoms with Gasteiger partial charge in [-0.1, -0.05) is 0 Å². The number of nitrogens with zero attached hydrogens (tertiary/aromatic N) is 1. The molecule has 0 spiro atoms. The van der Waals surface area contributed by atoms with E-state index in [1.54, 1.807) is 36.0 Å². The molecule has 2 aromatic rings. The van der Waals surface area contributed by atoms with Gasteiger partial charge in [-0.25, -0.2) is 4.39 Å². The number of halogens is 2. The monoisotopic (exact) mass is 296 g/mol. The molecule has 0 fully saturated rings. The van der Waals surface area contributed by atoms with Crippen LogP contribution in [0.3, 0.4) is 0 Å². The summed E-state index contributed by atoms with van der Waals surface area (Å²) >= 11 is 3.25. The molecule has 1 aromatic carbocycles. The number of rotatable bonds is 2. The highest BCUT2D eigenvalue weighted by molar-refractivity contribution is 9.10. The largest absolute Gasteiger partial charge is 0.347 e. The molecule has 0 saturated carbocycles. The second kappa shape index (κ2) is 4.71. The molecule has 2 rings (SSSR count). The number of aryl methyl sites for hydroxylation is 1. The normalized spacial score (nSPS) is 10.3. The zero-order valence-electron chi connectivity index (χ0n) is 9.08. The van der Waals surface area contributed by atoms with E-state index in [0.717, 1.165) is 0 Å². The summed E-state index contributed by atoms with van der Waals surface area (Å²) in [6.07, 6.45) is 1.77. The van der Waals surface area contributed by atoms with E-state index in [1.165, 1.54) is 12.1 Å². The molecule has 1 heterocycles. The quantitative estimate of drug-likeness (QED) is 0.907. The van der Waals surface area contributed by atoms with E-state index in [9.17, 15) is 9.18 Å². The minimum atomic E-state index is -0.393. The number of amides is 1. The highest BCUT2D eigenvalue weighted by Gasteiger charge is 2.11. The first kappa shape index (κ1) is 11.9. The van der Waals surface area contributed by atoms with E-state index >= 15 is 0 Å². The number of hydrogen-bond donors (Lipinski definition) is 1. The van der Waals surface area contributed by atoms with Crippen LogP contribution in [0.1, 0.15) is 10.5 Å². The molecule has 0 bridgehead atoms. The zero-order chi connectivity index (χ0) is 12.4. The Morgan fingerprint density at radius 3 is 2.82 bits per heavy atom. The number of anilines is 1. The first-order valence-electron chi connectivity index (χ1n) is 4.95. The standard InChI is InChI=1S/C12H10BrFN2O/c1-16-6-2-3-11(16)12(17)15-10-7-8(14)4-5-9(10)13/h2-7H,1H3,(H,15,17). The van der Waals surface area contributed by atoms with E-state index in [4.69, 9.17) is 0 Å². The highest BCUT2D eigenvalue weighted by Crippen LogP contribution is 2.23. The van der Waals surface area contributed by atoms with Crippen molar-refractivity contribution < 1.29 is 9.18 Å². The summed E-state index contributed by atoms with van der Waals surface area (Å²) in [5, 5.41) is 2.65. The van der Waals surface area contributed by atoms with Crippen LogP contribution >= 0.6 is 15.9 Å². The topological polar surface area (TPSA) is 34.0 Å². The minimum Gasteiger partial charge on any atom is -0.347 e. The first-order valence-corrected chi connectivity index (χ1v) is 5.75. The summed E-state index contributed by atoms with van der Waals surface area (Å²) in [5.41, 5.74) is 0.928. The number of aromatic nitrogens is 1. The molecule has 1 aromatic heterocycles. The number of carbonyl (C=O) groups excluding carboxylic acids is 1. The summed E-state index contributed by atoms with van der Waals surface area (Å²) in [6.45, 7) is 0. The lowest BCUT2D eigenvalue weighted by Crippen LogP contribution is -2.15. The van der Waals surface area contributed by atoms with Gasteiger partial charge in [0.05, 0.1) is 5.69 Å². The van der Waals surface area contributed by atoms with E-state index in [1.807, 2.05) is 0 Å². The first-order chi connectivity index (χ1) is 8.08. The van der Waals surface area contributed by atoms with Crippen molar-refractivity contribution in [2.24, 2.45) is 7.05 Å². The lowest BCUT2D eigenvalue weighted by atomic mass is 10.3. The molecular weight excluding hydrogens is 287 g/mol. The molecule has 1 amide bonds. The summed E-state index contributed by atoms with van der Waals surface area (Å²) in [6, 6.07) is 7.61. The van der Waals surface area contributed by atoms with Gasteiger partial charge in [0, 0.05) is 17.7 Å². The van der Waals surface area contributed by atoms with E-state index in [0.29, 0.717) is 15.9 Å². The average molecular weight is 297 g/mol. The van der Waals surface area contributed by atoms with Crippen molar-refractivity contribution in [3.8, 4) is 0 Å². The van der Waals surface area contributed by atoms with Crippen molar-refractivity contribution in [2.45, 2.75) is 0 Å². The molecule has 88 valence electrons. The van der Waals surface area contributed by atoms with Crippen LogP contribution in [0, 0.1) is 5.82 Å². The maximum atomic E-state index is 13.0. The molecule has 17 heavy (non-hydrogen) atoms. The fourth-order valence-electron chi connectivity index (χ4n) is 1.48. The van der Waals surface area contributed by atoms with Gasteiger partial charge in [-0.15, -0.1) is 0 Å². The van der Waals surface area contributed by atoms with Crippen LogP contribution in [0.15, 0.2) is 41.0 Å². The van der Waals surface area contributed by atoms with Crippen LogP contribution in [0.25, 0.3) is 0 Å². The van der Waals surface area contributed by atoms with Crippen molar-refractivity contribution in [1.82, 2.24) is 4.57 Å². The molecule has 0 radical (unpaired) electrons. The summed E-state index contributed by atoms with van der Waals surface area (Å²) < 4.78 is 15.4. The third-order valence-electron chi connectivity index (χ3n) is 2.35. The van der Waals surface area contributed by atoms with Gasteiger partial charge in [-0.05, 0) is 46.3 Å². The smallest absolute Gasteiger partial charge is 0.272 e. The fourth-order valence-corrected chi connectivity index (χ4v) is 1.82. The molecule has 0 atom stereocenters. The van der Waals surface area contributed by atoms with Crippen LogP contribution in [-0.2, 0) is 7.05 Å². The Labute approximate surface area is 106 Å². The lowest BCUT2D eigenvalue weighted by Gasteiger charge is -2.08. The van der Waals surface area contributed by atoms with Crippen molar-refractivity contribution in [3.63, 3.8) is 0 Å². The van der Waals surface area contributed by atoms with E-state index in [-0.39, 0.29) is 5.91 Å². The van der Waals surface area contributed by atoms with Gasteiger partial charge in [-0.2, -0.15) is 0 Å². The fraction of sp³-hybridized carbons (Fsp3) is 0.0833. The molecule has 5 heteroatoms. The lowest BCUT2D eigenvalue weighted by molar-refractivity contribution is 0.101. The Bertz CT molecular complexity index is 565. The van der Waals surface area contributed by atoms with Crippen LogP contribution in [0.5, 0.6) is 0 Å². The molecule has 0 aliphatic rings. The molecule has 0 saturated heterocycles. The summed E-state index contributed by atoms with van der Waals surface area (Å²) in [7, 11) is 1.77. The molecule has 0 aliphatic heterocycles. The van der Waals surface area contributed by atoms with Gasteiger partial charge in [0.1, 0.15) is 11.5 Å². The highest BCUT2D eigenvalue weighted by atomic mass is 79.9. The number of nitrogens with one attached hydrogen (secondary N) is 1.